The van der Waals surface area contributed by atoms with Gasteiger partial charge in [0, 0.05) is 37.9 Å². The van der Waals surface area contributed by atoms with Crippen LogP contribution in [-0.4, -0.2) is 50.0 Å². The third-order valence-corrected chi connectivity index (χ3v) is 3.38. The smallest absolute Gasteiger partial charge is 0.232 e. The average Bonchev–Trinajstić information content (AvgIpc) is 2.47. The van der Waals surface area contributed by atoms with Crippen molar-refractivity contribution in [3.8, 4) is 5.75 Å². The molecule has 1 fully saturated rings. The molecule has 2 N–H and O–H groups in total. The minimum absolute atomic E-state index is 0.192. The summed E-state index contributed by atoms with van der Waals surface area (Å²) in [6, 6.07) is 7.83. The molecule has 20 heavy (non-hydrogen) atoms. The third-order valence-electron chi connectivity index (χ3n) is 3.38. The molecule has 6 nitrogen and oxygen atoms in total. The van der Waals surface area contributed by atoms with E-state index >= 15 is 0 Å². The monoisotopic (exact) mass is 277 g/mol. The molecule has 1 aliphatic heterocycles. The lowest BCUT2D eigenvalue weighted by Gasteiger charge is -2.36. The van der Waals surface area contributed by atoms with E-state index in [4.69, 9.17) is 10.5 Å². The van der Waals surface area contributed by atoms with Crippen LogP contribution in [0.1, 0.15) is 6.42 Å². The van der Waals surface area contributed by atoms with Crippen LogP contribution in [0.4, 0.5) is 5.69 Å². The Kier molecular flexibility index (Phi) is 4.45. The standard InChI is InChI=1S/C14H19N3O3/c1-20-12-4-2-3-11(9-12)16-5-7-17(8-6-16)14(19)10-13(15)18/h2-4,9H,5-8,10H2,1H3,(H2,15,18). The summed E-state index contributed by atoms with van der Waals surface area (Å²) in [7, 11) is 1.64. The molecule has 108 valence electrons. The molecule has 1 saturated heterocycles. The highest BCUT2D eigenvalue weighted by Crippen LogP contribution is 2.22. The van der Waals surface area contributed by atoms with Gasteiger partial charge in [0.2, 0.25) is 11.8 Å². The summed E-state index contributed by atoms with van der Waals surface area (Å²) in [5.41, 5.74) is 6.11. The summed E-state index contributed by atoms with van der Waals surface area (Å²) in [5.74, 6) is 0.0442. The Morgan fingerprint density at radius 2 is 1.95 bits per heavy atom. The van der Waals surface area contributed by atoms with Gasteiger partial charge in [0.15, 0.2) is 0 Å². The second-order valence-corrected chi connectivity index (χ2v) is 4.71. The molecule has 0 saturated carbocycles. The number of anilines is 1. The Bertz CT molecular complexity index is 496. The van der Waals surface area contributed by atoms with Gasteiger partial charge in [0.05, 0.1) is 7.11 Å². The molecule has 1 heterocycles. The fourth-order valence-electron chi connectivity index (χ4n) is 2.28. The molecule has 0 spiro atoms. The molecule has 2 amide bonds. The summed E-state index contributed by atoms with van der Waals surface area (Å²) in [5, 5.41) is 0. The predicted molar refractivity (Wildman–Crippen MR) is 75.6 cm³/mol. The van der Waals surface area contributed by atoms with Crippen molar-refractivity contribution in [2.45, 2.75) is 6.42 Å². The lowest BCUT2D eigenvalue weighted by Crippen LogP contribution is -2.49. The van der Waals surface area contributed by atoms with Crippen LogP contribution in [0.3, 0.4) is 0 Å². The maximum atomic E-state index is 11.7. The molecule has 1 aromatic rings. The minimum Gasteiger partial charge on any atom is -0.497 e. The van der Waals surface area contributed by atoms with Crippen LogP contribution in [0.5, 0.6) is 5.75 Å². The van der Waals surface area contributed by atoms with E-state index in [1.54, 1.807) is 12.0 Å². The number of ether oxygens (including phenoxy) is 1. The van der Waals surface area contributed by atoms with E-state index in [9.17, 15) is 9.59 Å². The SMILES string of the molecule is COc1cccc(N2CCN(C(=O)CC(N)=O)CC2)c1. The normalized spacial score (nSPS) is 15.1. The lowest BCUT2D eigenvalue weighted by molar-refractivity contribution is -0.135. The van der Waals surface area contributed by atoms with Gasteiger partial charge in [-0.2, -0.15) is 0 Å². The molecule has 1 aliphatic rings. The maximum absolute atomic E-state index is 11.7. The zero-order chi connectivity index (χ0) is 14.5. The minimum atomic E-state index is -0.578. The fraction of sp³-hybridized carbons (Fsp3) is 0.429. The molecular weight excluding hydrogens is 258 g/mol. The van der Waals surface area contributed by atoms with Gasteiger partial charge in [-0.3, -0.25) is 9.59 Å². The van der Waals surface area contributed by atoms with Crippen molar-refractivity contribution in [3.63, 3.8) is 0 Å². The lowest BCUT2D eigenvalue weighted by atomic mass is 10.2. The van der Waals surface area contributed by atoms with E-state index in [-0.39, 0.29) is 12.3 Å². The number of carbonyl (C=O) groups excluding carboxylic acids is 2. The first-order valence-corrected chi connectivity index (χ1v) is 6.55. The molecule has 0 radical (unpaired) electrons. The first-order chi connectivity index (χ1) is 9.60. The Labute approximate surface area is 118 Å². The van der Waals surface area contributed by atoms with Gasteiger partial charge >= 0.3 is 0 Å². The van der Waals surface area contributed by atoms with Crippen LogP contribution < -0.4 is 15.4 Å². The zero-order valence-electron chi connectivity index (χ0n) is 11.5. The van der Waals surface area contributed by atoms with Crippen molar-refractivity contribution in [2.24, 2.45) is 5.73 Å². The number of hydrogen-bond acceptors (Lipinski definition) is 4. The molecule has 6 heteroatoms. The number of rotatable bonds is 4. The van der Waals surface area contributed by atoms with Gasteiger partial charge in [-0.05, 0) is 12.1 Å². The van der Waals surface area contributed by atoms with Crippen molar-refractivity contribution in [1.29, 1.82) is 0 Å². The van der Waals surface area contributed by atoms with Gasteiger partial charge in [-0.25, -0.2) is 0 Å². The van der Waals surface area contributed by atoms with Gasteiger partial charge in [0.1, 0.15) is 12.2 Å². The Hall–Kier alpha value is -2.24. The highest BCUT2D eigenvalue weighted by Gasteiger charge is 2.22. The molecule has 0 bridgehead atoms. The number of piperazine rings is 1. The van der Waals surface area contributed by atoms with Crippen molar-refractivity contribution in [1.82, 2.24) is 4.90 Å². The van der Waals surface area contributed by atoms with E-state index < -0.39 is 5.91 Å². The molecule has 0 atom stereocenters. The number of carbonyl (C=O) groups is 2. The van der Waals surface area contributed by atoms with Gasteiger partial charge in [-0.1, -0.05) is 6.07 Å². The van der Waals surface area contributed by atoms with Crippen LogP contribution in [0.2, 0.25) is 0 Å². The number of nitrogens with two attached hydrogens (primary N) is 1. The molecule has 1 aromatic carbocycles. The largest absolute Gasteiger partial charge is 0.497 e. The molecular formula is C14H19N3O3. The molecule has 2 rings (SSSR count). The predicted octanol–water partition coefficient (Wildman–Crippen LogP) is 0.219. The van der Waals surface area contributed by atoms with Crippen LogP contribution in [0, 0.1) is 0 Å². The van der Waals surface area contributed by atoms with Gasteiger partial charge in [-0.15, -0.1) is 0 Å². The first-order valence-electron chi connectivity index (χ1n) is 6.55. The number of amides is 2. The third kappa shape index (κ3) is 3.40. The highest BCUT2D eigenvalue weighted by atomic mass is 16.5. The summed E-state index contributed by atoms with van der Waals surface area (Å²) in [6.07, 6.45) is -0.209. The van der Waals surface area contributed by atoms with Crippen LogP contribution in [0.25, 0.3) is 0 Å². The second-order valence-electron chi connectivity index (χ2n) is 4.71. The fourth-order valence-corrected chi connectivity index (χ4v) is 2.28. The Morgan fingerprint density at radius 3 is 2.55 bits per heavy atom. The maximum Gasteiger partial charge on any atom is 0.232 e. The van der Waals surface area contributed by atoms with Crippen LogP contribution in [-0.2, 0) is 9.59 Å². The number of nitrogens with zero attached hydrogens (tertiary/aromatic N) is 2. The molecule has 0 unspecified atom stereocenters. The average molecular weight is 277 g/mol. The van der Waals surface area contributed by atoms with Crippen molar-refractivity contribution >= 4 is 17.5 Å². The molecule has 0 aromatic heterocycles. The van der Waals surface area contributed by atoms with Crippen LogP contribution >= 0.6 is 0 Å². The quantitative estimate of drug-likeness (QED) is 0.799. The van der Waals surface area contributed by atoms with Crippen molar-refractivity contribution in [3.05, 3.63) is 24.3 Å². The number of benzene rings is 1. The first kappa shape index (κ1) is 14.2. The van der Waals surface area contributed by atoms with Crippen molar-refractivity contribution < 1.29 is 14.3 Å². The van der Waals surface area contributed by atoms with Gasteiger partial charge in [0.25, 0.3) is 0 Å². The van der Waals surface area contributed by atoms with Gasteiger partial charge < -0.3 is 20.3 Å². The van der Waals surface area contributed by atoms with Crippen molar-refractivity contribution in [2.75, 3.05) is 38.2 Å². The second kappa shape index (κ2) is 6.27. The summed E-state index contributed by atoms with van der Waals surface area (Å²) in [4.78, 5) is 26.4. The van der Waals surface area contributed by atoms with E-state index in [0.29, 0.717) is 13.1 Å². The molecule has 0 aliphatic carbocycles. The summed E-state index contributed by atoms with van der Waals surface area (Å²) >= 11 is 0. The zero-order valence-corrected chi connectivity index (χ0v) is 11.5. The number of hydrogen-bond donors (Lipinski definition) is 1. The Morgan fingerprint density at radius 1 is 1.25 bits per heavy atom. The highest BCUT2D eigenvalue weighted by molar-refractivity contribution is 5.96. The van der Waals surface area contributed by atoms with E-state index in [0.717, 1.165) is 24.5 Å². The Balaban J connectivity index is 1.93. The van der Waals surface area contributed by atoms with E-state index in [1.165, 1.54) is 0 Å². The topological polar surface area (TPSA) is 75.9 Å². The summed E-state index contributed by atoms with van der Waals surface area (Å²) in [6.45, 7) is 2.67. The van der Waals surface area contributed by atoms with E-state index in [1.807, 2.05) is 24.3 Å². The number of methoxy groups -OCH3 is 1. The van der Waals surface area contributed by atoms with E-state index in [2.05, 4.69) is 4.90 Å². The van der Waals surface area contributed by atoms with Crippen LogP contribution in [0.15, 0.2) is 24.3 Å². The summed E-state index contributed by atoms with van der Waals surface area (Å²) < 4.78 is 5.21. The number of primary amides is 1.